The first kappa shape index (κ1) is 13.2. The molecule has 1 aromatic carbocycles. The van der Waals surface area contributed by atoms with Crippen LogP contribution in [0.2, 0.25) is 0 Å². The molecule has 102 valence electrons. The molecule has 1 aliphatic heterocycles. The number of rotatable bonds is 3. The van der Waals surface area contributed by atoms with Crippen LogP contribution in [-0.2, 0) is 20.3 Å². The fraction of sp³-hybridized carbons (Fsp3) is 0.533. The summed E-state index contributed by atoms with van der Waals surface area (Å²) in [6, 6.07) is 10.1. The van der Waals surface area contributed by atoms with Gasteiger partial charge >= 0.3 is 0 Å². The van der Waals surface area contributed by atoms with Gasteiger partial charge in [-0.1, -0.05) is 30.3 Å². The average Bonchev–Trinajstić information content (AvgIpc) is 2.46. The highest BCUT2D eigenvalue weighted by Crippen LogP contribution is 2.39. The van der Waals surface area contributed by atoms with Crippen molar-refractivity contribution in [2.24, 2.45) is 5.92 Å². The molecule has 0 radical (unpaired) electrons. The van der Waals surface area contributed by atoms with Crippen LogP contribution in [0.5, 0.6) is 0 Å². The van der Waals surface area contributed by atoms with Crippen LogP contribution >= 0.6 is 12.0 Å². The van der Waals surface area contributed by atoms with Gasteiger partial charge in [-0.15, -0.1) is 0 Å². The zero-order chi connectivity index (χ0) is 13.1. The topological polar surface area (TPSA) is 35.5 Å². The first-order valence-corrected chi connectivity index (χ1v) is 7.59. The Labute approximate surface area is 117 Å². The van der Waals surface area contributed by atoms with Crippen molar-refractivity contribution in [2.45, 2.75) is 37.2 Å². The van der Waals surface area contributed by atoms with Gasteiger partial charge in [0.2, 0.25) is 0 Å². The second-order valence-electron chi connectivity index (χ2n) is 5.20. The van der Waals surface area contributed by atoms with Crippen LogP contribution in [0.1, 0.15) is 24.8 Å². The van der Waals surface area contributed by atoms with E-state index < -0.39 is 0 Å². The minimum atomic E-state index is 0.0516. The van der Waals surface area contributed by atoms with E-state index in [1.54, 1.807) is 12.0 Å². The zero-order valence-corrected chi connectivity index (χ0v) is 11.6. The van der Waals surface area contributed by atoms with Crippen molar-refractivity contribution in [1.82, 2.24) is 0 Å². The van der Waals surface area contributed by atoms with E-state index in [-0.39, 0.29) is 6.10 Å². The van der Waals surface area contributed by atoms with E-state index in [0.29, 0.717) is 43.0 Å². The third-order valence-electron chi connectivity index (χ3n) is 3.86. The van der Waals surface area contributed by atoms with Gasteiger partial charge in [0.25, 0.3) is 0 Å². The summed E-state index contributed by atoms with van der Waals surface area (Å²) in [5.41, 5.74) is 1.17. The van der Waals surface area contributed by atoms with Crippen molar-refractivity contribution in [2.75, 3.05) is 6.61 Å². The standard InChI is InChI=1S/C15H18O3S/c16-12-6-7-15-13(8-12)14(10-18-19-15)17-9-11-4-2-1-3-5-11/h1-5,13-15H,6-10H2/t13-,14+,15-/m0/s1. The smallest absolute Gasteiger partial charge is 0.133 e. The number of carbonyl (C=O) groups excluding carboxylic acids is 1. The molecule has 0 amide bonds. The van der Waals surface area contributed by atoms with E-state index in [1.807, 2.05) is 18.2 Å². The van der Waals surface area contributed by atoms with Crippen molar-refractivity contribution < 1.29 is 13.7 Å². The molecule has 4 heteroatoms. The van der Waals surface area contributed by atoms with Crippen molar-refractivity contribution in [3.63, 3.8) is 0 Å². The van der Waals surface area contributed by atoms with E-state index in [2.05, 4.69) is 12.1 Å². The van der Waals surface area contributed by atoms with Crippen LogP contribution in [0, 0.1) is 5.92 Å². The van der Waals surface area contributed by atoms with Crippen molar-refractivity contribution in [3.05, 3.63) is 35.9 Å². The van der Waals surface area contributed by atoms with E-state index in [9.17, 15) is 4.79 Å². The molecular formula is C15H18O3S. The van der Waals surface area contributed by atoms with Gasteiger partial charge in [0, 0.05) is 24.0 Å². The van der Waals surface area contributed by atoms with Gasteiger partial charge in [0.05, 0.1) is 19.3 Å². The third-order valence-corrected chi connectivity index (χ3v) is 4.96. The molecule has 0 spiro atoms. The second kappa shape index (κ2) is 6.07. The van der Waals surface area contributed by atoms with Gasteiger partial charge in [-0.3, -0.25) is 4.79 Å². The Kier molecular flexibility index (Phi) is 4.21. The molecule has 0 N–H and O–H groups in total. The molecule has 0 unspecified atom stereocenters. The number of hydrogen-bond acceptors (Lipinski definition) is 4. The Hall–Kier alpha value is -0.840. The SMILES string of the molecule is O=C1CC[C@@H]2SOC[C@@H](OCc3ccccc3)[C@@H]2C1. The summed E-state index contributed by atoms with van der Waals surface area (Å²) in [4.78, 5) is 11.6. The molecule has 0 aromatic heterocycles. The minimum Gasteiger partial charge on any atom is -0.371 e. The van der Waals surface area contributed by atoms with Crippen molar-refractivity contribution in [3.8, 4) is 0 Å². The number of carbonyl (C=O) groups is 1. The highest BCUT2D eigenvalue weighted by atomic mass is 32.2. The molecule has 19 heavy (non-hydrogen) atoms. The number of fused-ring (bicyclic) bond motifs is 1. The Morgan fingerprint density at radius 3 is 3.00 bits per heavy atom. The van der Waals surface area contributed by atoms with Crippen LogP contribution in [-0.4, -0.2) is 23.7 Å². The predicted molar refractivity (Wildman–Crippen MR) is 74.7 cm³/mol. The summed E-state index contributed by atoms with van der Waals surface area (Å²) in [6.07, 6.45) is 2.33. The van der Waals surface area contributed by atoms with Crippen LogP contribution in [0.15, 0.2) is 30.3 Å². The molecule has 1 aromatic rings. The van der Waals surface area contributed by atoms with E-state index in [0.717, 1.165) is 6.42 Å². The van der Waals surface area contributed by atoms with E-state index >= 15 is 0 Å². The molecular weight excluding hydrogens is 260 g/mol. The molecule has 2 aliphatic rings. The summed E-state index contributed by atoms with van der Waals surface area (Å²) in [7, 11) is 0. The van der Waals surface area contributed by atoms with Crippen LogP contribution in [0.25, 0.3) is 0 Å². The molecule has 1 aliphatic carbocycles. The lowest BCUT2D eigenvalue weighted by Gasteiger charge is -2.39. The van der Waals surface area contributed by atoms with Gasteiger partial charge in [0.15, 0.2) is 0 Å². The van der Waals surface area contributed by atoms with Crippen LogP contribution in [0.3, 0.4) is 0 Å². The highest BCUT2D eigenvalue weighted by Gasteiger charge is 2.39. The predicted octanol–water partition coefficient (Wildman–Crippen LogP) is 2.99. The van der Waals surface area contributed by atoms with Gasteiger partial charge in [-0.2, -0.15) is 0 Å². The maximum absolute atomic E-state index is 11.6. The van der Waals surface area contributed by atoms with Gasteiger partial charge in [0.1, 0.15) is 5.78 Å². The molecule has 2 fully saturated rings. The first-order chi connectivity index (χ1) is 9.33. The van der Waals surface area contributed by atoms with Gasteiger partial charge in [-0.05, 0) is 24.0 Å². The average molecular weight is 278 g/mol. The summed E-state index contributed by atoms with van der Waals surface area (Å²) in [5, 5.41) is 0.423. The zero-order valence-electron chi connectivity index (χ0n) is 10.8. The Bertz CT molecular complexity index is 434. The fourth-order valence-corrected chi connectivity index (χ4v) is 3.79. The van der Waals surface area contributed by atoms with Crippen LogP contribution < -0.4 is 0 Å². The molecule has 1 heterocycles. The minimum absolute atomic E-state index is 0.0516. The number of hydrogen-bond donors (Lipinski definition) is 0. The molecule has 3 nitrogen and oxygen atoms in total. The third kappa shape index (κ3) is 3.19. The second-order valence-corrected chi connectivity index (χ2v) is 6.23. The first-order valence-electron chi connectivity index (χ1n) is 6.78. The summed E-state index contributed by atoms with van der Waals surface area (Å²) >= 11 is 1.54. The summed E-state index contributed by atoms with van der Waals surface area (Å²) in [5.74, 6) is 0.695. The maximum Gasteiger partial charge on any atom is 0.133 e. The van der Waals surface area contributed by atoms with Gasteiger partial charge in [-0.25, -0.2) is 0 Å². The number of ketones is 1. The lowest BCUT2D eigenvalue weighted by Crippen LogP contribution is -2.43. The molecule has 1 saturated carbocycles. The fourth-order valence-electron chi connectivity index (χ4n) is 2.77. The number of Topliss-reactive ketones (excluding diaryl/α,β-unsaturated/α-hetero) is 1. The summed E-state index contributed by atoms with van der Waals surface area (Å²) in [6.45, 7) is 1.18. The van der Waals surface area contributed by atoms with Gasteiger partial charge < -0.3 is 8.92 Å². The molecule has 3 rings (SSSR count). The molecule has 0 bridgehead atoms. The summed E-state index contributed by atoms with van der Waals surface area (Å²) < 4.78 is 11.6. The Balaban J connectivity index is 1.61. The maximum atomic E-state index is 11.6. The largest absolute Gasteiger partial charge is 0.371 e. The molecule has 1 saturated heterocycles. The monoisotopic (exact) mass is 278 g/mol. The van der Waals surface area contributed by atoms with Crippen molar-refractivity contribution >= 4 is 17.8 Å². The lowest BCUT2D eigenvalue weighted by atomic mass is 9.84. The molecule has 3 atom stereocenters. The Morgan fingerprint density at radius 2 is 2.16 bits per heavy atom. The highest BCUT2D eigenvalue weighted by molar-refractivity contribution is 7.95. The van der Waals surface area contributed by atoms with E-state index in [1.165, 1.54) is 5.56 Å². The Morgan fingerprint density at radius 1 is 1.32 bits per heavy atom. The quantitative estimate of drug-likeness (QED) is 0.796. The normalized spacial score (nSPS) is 30.9. The van der Waals surface area contributed by atoms with Crippen LogP contribution in [0.4, 0.5) is 0 Å². The number of ether oxygens (including phenoxy) is 1. The number of benzene rings is 1. The lowest BCUT2D eigenvalue weighted by molar-refractivity contribution is -0.125. The van der Waals surface area contributed by atoms with E-state index in [4.69, 9.17) is 8.92 Å². The van der Waals surface area contributed by atoms with Crippen molar-refractivity contribution in [1.29, 1.82) is 0 Å².